The maximum absolute atomic E-state index is 13.0. The second-order valence-corrected chi connectivity index (χ2v) is 6.73. The van der Waals surface area contributed by atoms with Gasteiger partial charge >= 0.3 is 4.87 Å². The number of carbonyl (C=O) groups excluding carboxylic acids is 2. The molecular formula is C17H18FN3O3S. The number of aryl methyl sites for hydroxylation is 1. The molecule has 0 atom stereocenters. The van der Waals surface area contributed by atoms with Crippen molar-refractivity contribution in [2.45, 2.75) is 13.5 Å². The molecule has 2 amide bonds. The monoisotopic (exact) mass is 363 g/mol. The first-order chi connectivity index (χ1) is 12.0. The fourth-order valence-corrected chi connectivity index (χ4v) is 3.50. The first-order valence-electron chi connectivity index (χ1n) is 7.93. The summed E-state index contributed by atoms with van der Waals surface area (Å²) in [5.74, 6) is -0.680. The summed E-state index contributed by atoms with van der Waals surface area (Å²) < 4.78 is 14.4. The number of carbonyl (C=O) groups is 2. The molecule has 1 aromatic heterocycles. The van der Waals surface area contributed by atoms with E-state index in [9.17, 15) is 18.8 Å². The molecule has 1 aliphatic heterocycles. The van der Waals surface area contributed by atoms with Gasteiger partial charge in [0.15, 0.2) is 0 Å². The van der Waals surface area contributed by atoms with Crippen LogP contribution in [0.25, 0.3) is 0 Å². The Morgan fingerprint density at radius 3 is 2.24 bits per heavy atom. The Morgan fingerprint density at radius 1 is 1.08 bits per heavy atom. The number of piperazine rings is 1. The number of halogens is 1. The van der Waals surface area contributed by atoms with Gasteiger partial charge in [0, 0.05) is 42.8 Å². The SMILES string of the molecule is Cc1csc(=O)n1CC(=O)N1CCN(C(=O)c2ccc(F)cc2)CC1. The largest absolute Gasteiger partial charge is 0.338 e. The van der Waals surface area contributed by atoms with Crippen LogP contribution in [0.1, 0.15) is 16.1 Å². The van der Waals surface area contributed by atoms with Crippen molar-refractivity contribution in [2.24, 2.45) is 0 Å². The summed E-state index contributed by atoms with van der Waals surface area (Å²) in [5, 5.41) is 1.73. The van der Waals surface area contributed by atoms with Crippen LogP contribution in [-0.4, -0.2) is 52.4 Å². The lowest BCUT2D eigenvalue weighted by molar-refractivity contribution is -0.133. The third-order valence-corrected chi connectivity index (χ3v) is 5.16. The van der Waals surface area contributed by atoms with Crippen molar-refractivity contribution in [2.75, 3.05) is 26.2 Å². The number of aromatic nitrogens is 1. The summed E-state index contributed by atoms with van der Waals surface area (Å²) in [7, 11) is 0. The van der Waals surface area contributed by atoms with Crippen LogP contribution in [-0.2, 0) is 11.3 Å². The van der Waals surface area contributed by atoms with Gasteiger partial charge in [0.1, 0.15) is 12.4 Å². The van der Waals surface area contributed by atoms with Crippen molar-refractivity contribution in [1.82, 2.24) is 14.4 Å². The van der Waals surface area contributed by atoms with E-state index in [1.54, 1.807) is 22.1 Å². The topological polar surface area (TPSA) is 62.6 Å². The van der Waals surface area contributed by atoms with E-state index in [2.05, 4.69) is 0 Å². The molecule has 2 aromatic rings. The maximum atomic E-state index is 13.0. The van der Waals surface area contributed by atoms with E-state index in [4.69, 9.17) is 0 Å². The second kappa shape index (κ2) is 7.18. The minimum absolute atomic E-state index is 0.0279. The van der Waals surface area contributed by atoms with Crippen LogP contribution in [0.3, 0.4) is 0 Å². The van der Waals surface area contributed by atoms with Gasteiger partial charge < -0.3 is 9.80 Å². The lowest BCUT2D eigenvalue weighted by atomic mass is 10.2. The van der Waals surface area contributed by atoms with Gasteiger partial charge in [0.05, 0.1) is 0 Å². The highest BCUT2D eigenvalue weighted by molar-refractivity contribution is 7.07. The molecule has 0 aliphatic carbocycles. The molecule has 0 radical (unpaired) electrons. The first-order valence-corrected chi connectivity index (χ1v) is 8.81. The number of nitrogens with zero attached hydrogens (tertiary/aromatic N) is 3. The van der Waals surface area contributed by atoms with E-state index >= 15 is 0 Å². The molecule has 1 fully saturated rings. The quantitative estimate of drug-likeness (QED) is 0.827. The van der Waals surface area contributed by atoms with Crippen molar-refractivity contribution in [1.29, 1.82) is 0 Å². The zero-order chi connectivity index (χ0) is 18.0. The van der Waals surface area contributed by atoms with Gasteiger partial charge in [-0.1, -0.05) is 11.3 Å². The zero-order valence-electron chi connectivity index (χ0n) is 13.8. The molecule has 0 bridgehead atoms. The zero-order valence-corrected chi connectivity index (χ0v) is 14.6. The van der Waals surface area contributed by atoms with E-state index in [1.807, 2.05) is 0 Å². The standard InChI is InChI=1S/C17H18FN3O3S/c1-12-11-25-17(24)21(12)10-15(22)19-6-8-20(9-7-19)16(23)13-2-4-14(18)5-3-13/h2-5,11H,6-10H2,1H3. The summed E-state index contributed by atoms with van der Waals surface area (Å²) in [6, 6.07) is 5.43. The number of amides is 2. The molecule has 132 valence electrons. The number of benzene rings is 1. The summed E-state index contributed by atoms with van der Waals surface area (Å²) in [5.41, 5.74) is 1.20. The van der Waals surface area contributed by atoms with E-state index < -0.39 is 0 Å². The van der Waals surface area contributed by atoms with Gasteiger partial charge in [0.25, 0.3) is 5.91 Å². The summed E-state index contributed by atoms with van der Waals surface area (Å²) in [4.78, 5) is 39.7. The number of thiazole rings is 1. The molecule has 0 saturated carbocycles. The molecule has 25 heavy (non-hydrogen) atoms. The molecule has 1 aromatic carbocycles. The molecule has 0 unspecified atom stereocenters. The van der Waals surface area contributed by atoms with Crippen molar-refractivity contribution in [3.8, 4) is 0 Å². The highest BCUT2D eigenvalue weighted by atomic mass is 32.1. The van der Waals surface area contributed by atoms with Crippen LogP contribution >= 0.6 is 11.3 Å². The molecule has 0 spiro atoms. The van der Waals surface area contributed by atoms with Gasteiger partial charge in [-0.3, -0.25) is 19.0 Å². The summed E-state index contributed by atoms with van der Waals surface area (Å²) in [6.45, 7) is 3.50. The molecule has 2 heterocycles. The Kier molecular flexibility index (Phi) is 4.98. The predicted molar refractivity (Wildman–Crippen MR) is 92.2 cm³/mol. The fourth-order valence-electron chi connectivity index (χ4n) is 2.77. The average Bonchev–Trinajstić information content (AvgIpc) is 2.94. The van der Waals surface area contributed by atoms with Crippen LogP contribution in [0.2, 0.25) is 0 Å². The lowest BCUT2D eigenvalue weighted by Gasteiger charge is -2.35. The van der Waals surface area contributed by atoms with Gasteiger partial charge in [-0.25, -0.2) is 4.39 Å². The molecule has 1 saturated heterocycles. The van der Waals surface area contributed by atoms with E-state index in [0.717, 1.165) is 17.0 Å². The van der Waals surface area contributed by atoms with E-state index in [1.165, 1.54) is 28.8 Å². The van der Waals surface area contributed by atoms with Crippen LogP contribution < -0.4 is 4.87 Å². The molecular weight excluding hydrogens is 345 g/mol. The molecule has 1 aliphatic rings. The highest BCUT2D eigenvalue weighted by Crippen LogP contribution is 2.11. The second-order valence-electron chi connectivity index (χ2n) is 5.91. The fraction of sp³-hybridized carbons (Fsp3) is 0.353. The van der Waals surface area contributed by atoms with Gasteiger partial charge in [-0.2, -0.15) is 0 Å². The molecule has 8 heteroatoms. The van der Waals surface area contributed by atoms with Crippen molar-refractivity contribution in [3.63, 3.8) is 0 Å². The Morgan fingerprint density at radius 2 is 1.68 bits per heavy atom. The minimum atomic E-state index is -0.383. The van der Waals surface area contributed by atoms with E-state index in [-0.39, 0.29) is 29.0 Å². The van der Waals surface area contributed by atoms with Gasteiger partial charge in [-0.05, 0) is 31.2 Å². The highest BCUT2D eigenvalue weighted by Gasteiger charge is 2.25. The van der Waals surface area contributed by atoms with Crippen molar-refractivity contribution >= 4 is 23.2 Å². The number of rotatable bonds is 3. The maximum Gasteiger partial charge on any atom is 0.307 e. The predicted octanol–water partition coefficient (Wildman–Crippen LogP) is 1.34. The Hall–Kier alpha value is -2.48. The molecule has 6 nitrogen and oxygen atoms in total. The van der Waals surface area contributed by atoms with Crippen LogP contribution in [0, 0.1) is 12.7 Å². The van der Waals surface area contributed by atoms with Crippen LogP contribution in [0.4, 0.5) is 4.39 Å². The van der Waals surface area contributed by atoms with E-state index in [0.29, 0.717) is 31.7 Å². The minimum Gasteiger partial charge on any atom is -0.338 e. The van der Waals surface area contributed by atoms with Gasteiger partial charge in [-0.15, -0.1) is 0 Å². The number of hydrogen-bond acceptors (Lipinski definition) is 4. The summed E-state index contributed by atoms with van der Waals surface area (Å²) in [6.07, 6.45) is 0. The average molecular weight is 363 g/mol. The van der Waals surface area contributed by atoms with Crippen LogP contribution in [0.5, 0.6) is 0 Å². The third-order valence-electron chi connectivity index (χ3n) is 4.28. The normalized spacial score (nSPS) is 14.6. The Bertz CT molecular complexity index is 836. The Labute approximate surface area is 148 Å². The smallest absolute Gasteiger partial charge is 0.307 e. The van der Waals surface area contributed by atoms with Crippen molar-refractivity contribution < 1.29 is 14.0 Å². The number of hydrogen-bond donors (Lipinski definition) is 0. The van der Waals surface area contributed by atoms with Crippen molar-refractivity contribution in [3.05, 3.63) is 56.4 Å². The Balaban J connectivity index is 1.58. The van der Waals surface area contributed by atoms with Gasteiger partial charge in [0.2, 0.25) is 5.91 Å². The molecule has 3 rings (SSSR count). The lowest BCUT2D eigenvalue weighted by Crippen LogP contribution is -2.51. The first kappa shape index (κ1) is 17.3. The molecule has 0 N–H and O–H groups in total. The summed E-state index contributed by atoms with van der Waals surface area (Å²) >= 11 is 1.08. The third kappa shape index (κ3) is 3.79. The van der Waals surface area contributed by atoms with Crippen LogP contribution in [0.15, 0.2) is 34.4 Å².